The summed E-state index contributed by atoms with van der Waals surface area (Å²) in [5.74, 6) is 0.322. The van der Waals surface area contributed by atoms with Crippen LogP contribution >= 0.6 is 24.0 Å². The van der Waals surface area contributed by atoms with E-state index < -0.39 is 9.84 Å². The Morgan fingerprint density at radius 3 is 2.57 bits per heavy atom. The number of benzene rings is 1. The zero-order chi connectivity index (χ0) is 19.7. The van der Waals surface area contributed by atoms with Gasteiger partial charge in [-0.15, -0.1) is 24.0 Å². The number of rotatable bonds is 8. The minimum atomic E-state index is -3.00. The van der Waals surface area contributed by atoms with Gasteiger partial charge < -0.3 is 16.0 Å². The molecule has 0 bridgehead atoms. The second-order valence-corrected chi connectivity index (χ2v) is 8.71. The molecule has 0 saturated carbocycles. The van der Waals surface area contributed by atoms with Crippen LogP contribution in [0.3, 0.4) is 0 Å². The van der Waals surface area contributed by atoms with Crippen LogP contribution in [-0.2, 0) is 21.1 Å². The number of guanidine groups is 1. The van der Waals surface area contributed by atoms with Crippen molar-refractivity contribution in [3.8, 4) is 0 Å². The standard InChI is InChI=1S/C18H27FN4O3S.HI/c1-2-20-18(21-10-7-14-3-5-15(19)6-4-14)22-11-8-17(24)23-16-9-12-27(25,26)13-16;/h3-6,16H,2,7-13H2,1H3,(H,23,24)(H2,20,21,22);1H. The average Bonchev–Trinajstić information content (AvgIpc) is 2.95. The van der Waals surface area contributed by atoms with Crippen LogP contribution in [0, 0.1) is 5.82 Å². The van der Waals surface area contributed by atoms with Crippen LogP contribution in [0.2, 0.25) is 0 Å². The maximum absolute atomic E-state index is 12.9. The highest BCUT2D eigenvalue weighted by Gasteiger charge is 2.28. The number of nitrogens with zero attached hydrogens (tertiary/aromatic N) is 1. The van der Waals surface area contributed by atoms with Crippen molar-refractivity contribution >= 4 is 45.7 Å². The van der Waals surface area contributed by atoms with Gasteiger partial charge >= 0.3 is 0 Å². The molecule has 1 aliphatic rings. The van der Waals surface area contributed by atoms with E-state index in [1.165, 1.54) is 12.1 Å². The van der Waals surface area contributed by atoms with Gasteiger partial charge in [0.1, 0.15) is 5.82 Å². The SMILES string of the molecule is CCNC(=NCCC(=O)NC1CCS(=O)(=O)C1)NCCc1ccc(F)cc1.I. The Labute approximate surface area is 182 Å². The molecule has 1 aromatic rings. The first kappa shape index (κ1) is 24.6. The van der Waals surface area contributed by atoms with Crippen molar-refractivity contribution in [2.75, 3.05) is 31.1 Å². The molecule has 1 aliphatic heterocycles. The molecule has 158 valence electrons. The zero-order valence-electron chi connectivity index (χ0n) is 15.9. The van der Waals surface area contributed by atoms with Crippen LogP contribution < -0.4 is 16.0 Å². The molecular weight excluding hydrogens is 498 g/mol. The quantitative estimate of drug-likeness (QED) is 0.269. The first-order valence-corrected chi connectivity index (χ1v) is 11.0. The van der Waals surface area contributed by atoms with E-state index >= 15 is 0 Å². The van der Waals surface area contributed by atoms with E-state index in [-0.39, 0.29) is 59.7 Å². The summed E-state index contributed by atoms with van der Waals surface area (Å²) in [5.41, 5.74) is 1.02. The van der Waals surface area contributed by atoms with Crippen molar-refractivity contribution in [3.05, 3.63) is 35.6 Å². The molecule has 7 nitrogen and oxygen atoms in total. The van der Waals surface area contributed by atoms with E-state index in [4.69, 9.17) is 0 Å². The number of hydrogen-bond donors (Lipinski definition) is 3. The normalized spacial score (nSPS) is 18.2. The summed E-state index contributed by atoms with van der Waals surface area (Å²) in [6, 6.07) is 6.07. The molecule has 1 unspecified atom stereocenters. The van der Waals surface area contributed by atoms with E-state index in [1.54, 1.807) is 12.1 Å². The van der Waals surface area contributed by atoms with Crippen molar-refractivity contribution in [1.29, 1.82) is 0 Å². The van der Waals surface area contributed by atoms with E-state index in [0.29, 0.717) is 32.0 Å². The molecule has 1 saturated heterocycles. The molecule has 0 aromatic heterocycles. The second-order valence-electron chi connectivity index (χ2n) is 6.48. The van der Waals surface area contributed by atoms with Gasteiger partial charge in [0.15, 0.2) is 15.8 Å². The highest BCUT2D eigenvalue weighted by Crippen LogP contribution is 2.11. The summed E-state index contributed by atoms with van der Waals surface area (Å²) < 4.78 is 35.7. The maximum atomic E-state index is 12.9. The Balaban J connectivity index is 0.00000392. The van der Waals surface area contributed by atoms with Gasteiger partial charge in [-0.05, 0) is 37.5 Å². The van der Waals surface area contributed by atoms with Gasteiger partial charge in [0.25, 0.3) is 0 Å². The summed E-state index contributed by atoms with van der Waals surface area (Å²) in [6.07, 6.45) is 1.40. The predicted octanol–water partition coefficient (Wildman–Crippen LogP) is 1.23. The van der Waals surface area contributed by atoms with Crippen molar-refractivity contribution < 1.29 is 17.6 Å². The lowest BCUT2D eigenvalue weighted by atomic mass is 10.1. The van der Waals surface area contributed by atoms with E-state index in [0.717, 1.165) is 12.0 Å². The van der Waals surface area contributed by atoms with Crippen LogP contribution in [0.25, 0.3) is 0 Å². The fourth-order valence-corrected chi connectivity index (χ4v) is 4.47. The van der Waals surface area contributed by atoms with Crippen LogP contribution in [0.5, 0.6) is 0 Å². The second kappa shape index (κ2) is 12.2. The number of aliphatic imine (C=N–C) groups is 1. The Morgan fingerprint density at radius 1 is 1.25 bits per heavy atom. The van der Waals surface area contributed by atoms with Gasteiger partial charge in [0, 0.05) is 25.6 Å². The highest BCUT2D eigenvalue weighted by molar-refractivity contribution is 14.0. The molecule has 3 N–H and O–H groups in total. The smallest absolute Gasteiger partial charge is 0.222 e. The Hall–Kier alpha value is -1.43. The van der Waals surface area contributed by atoms with Gasteiger partial charge in [0.2, 0.25) is 5.91 Å². The maximum Gasteiger partial charge on any atom is 0.222 e. The largest absolute Gasteiger partial charge is 0.357 e. The van der Waals surface area contributed by atoms with Crippen molar-refractivity contribution in [3.63, 3.8) is 0 Å². The summed E-state index contributed by atoms with van der Waals surface area (Å²) in [5, 5.41) is 9.03. The van der Waals surface area contributed by atoms with Crippen LogP contribution in [-0.4, -0.2) is 57.5 Å². The van der Waals surface area contributed by atoms with Crippen molar-refractivity contribution in [2.24, 2.45) is 4.99 Å². The Morgan fingerprint density at radius 2 is 1.96 bits per heavy atom. The molecule has 0 aliphatic carbocycles. The molecule has 10 heteroatoms. The predicted molar refractivity (Wildman–Crippen MR) is 119 cm³/mol. The van der Waals surface area contributed by atoms with Crippen LogP contribution in [0.1, 0.15) is 25.3 Å². The average molecular weight is 526 g/mol. The van der Waals surface area contributed by atoms with Gasteiger partial charge in [0.05, 0.1) is 18.1 Å². The van der Waals surface area contributed by atoms with Crippen LogP contribution in [0.15, 0.2) is 29.3 Å². The number of carbonyl (C=O) groups excluding carboxylic acids is 1. The lowest BCUT2D eigenvalue weighted by Crippen LogP contribution is -2.39. The third-order valence-electron chi connectivity index (χ3n) is 4.17. The number of sulfone groups is 1. The van der Waals surface area contributed by atoms with Gasteiger partial charge in [-0.25, -0.2) is 12.8 Å². The minimum Gasteiger partial charge on any atom is -0.357 e. The highest BCUT2D eigenvalue weighted by atomic mass is 127. The summed E-state index contributed by atoms with van der Waals surface area (Å²) in [6.45, 7) is 3.57. The van der Waals surface area contributed by atoms with E-state index in [1.807, 2.05) is 6.92 Å². The van der Waals surface area contributed by atoms with E-state index in [9.17, 15) is 17.6 Å². The fraction of sp³-hybridized carbons (Fsp3) is 0.556. The monoisotopic (exact) mass is 526 g/mol. The van der Waals surface area contributed by atoms with Gasteiger partial charge in [-0.1, -0.05) is 12.1 Å². The lowest BCUT2D eigenvalue weighted by Gasteiger charge is -2.12. The number of hydrogen-bond acceptors (Lipinski definition) is 4. The number of halogens is 2. The lowest BCUT2D eigenvalue weighted by molar-refractivity contribution is -0.121. The first-order chi connectivity index (χ1) is 12.9. The first-order valence-electron chi connectivity index (χ1n) is 9.14. The molecule has 1 amide bonds. The molecule has 1 heterocycles. The van der Waals surface area contributed by atoms with Crippen molar-refractivity contribution in [1.82, 2.24) is 16.0 Å². The molecule has 28 heavy (non-hydrogen) atoms. The third-order valence-corrected chi connectivity index (χ3v) is 5.94. The van der Waals surface area contributed by atoms with Crippen LogP contribution in [0.4, 0.5) is 4.39 Å². The van der Waals surface area contributed by atoms with Crippen molar-refractivity contribution in [2.45, 2.75) is 32.2 Å². The van der Waals surface area contributed by atoms with Gasteiger partial charge in [-0.3, -0.25) is 9.79 Å². The number of carbonyl (C=O) groups is 1. The summed E-state index contributed by atoms with van der Waals surface area (Å²) >= 11 is 0. The summed E-state index contributed by atoms with van der Waals surface area (Å²) in [4.78, 5) is 16.3. The molecule has 0 spiro atoms. The Bertz CT molecular complexity index is 757. The molecule has 0 radical (unpaired) electrons. The minimum absolute atomic E-state index is 0. The van der Waals surface area contributed by atoms with Gasteiger partial charge in [-0.2, -0.15) is 0 Å². The van der Waals surface area contributed by atoms with E-state index in [2.05, 4.69) is 20.9 Å². The third kappa shape index (κ3) is 9.18. The number of amides is 1. The molecule has 1 aromatic carbocycles. The zero-order valence-corrected chi connectivity index (χ0v) is 19.1. The number of nitrogens with one attached hydrogen (secondary N) is 3. The topological polar surface area (TPSA) is 99.7 Å². The molecule has 2 rings (SSSR count). The Kier molecular flexibility index (Phi) is 10.7. The fourth-order valence-electron chi connectivity index (χ4n) is 2.80. The molecule has 1 fully saturated rings. The summed E-state index contributed by atoms with van der Waals surface area (Å²) in [7, 11) is -3.00. The molecular formula is C18H28FIN4O3S. The molecule has 1 atom stereocenters.